The highest BCUT2D eigenvalue weighted by Crippen LogP contribution is 2.23. The number of nitrogens with one attached hydrogen (secondary N) is 1. The molecule has 1 aliphatic heterocycles. The van der Waals surface area contributed by atoms with E-state index in [9.17, 15) is 40.5 Å². The van der Waals surface area contributed by atoms with E-state index in [1.807, 2.05) is 0 Å². The van der Waals surface area contributed by atoms with Crippen LogP contribution in [0.15, 0.2) is 48.6 Å². The van der Waals surface area contributed by atoms with Crippen LogP contribution >= 0.6 is 0 Å². The Kier molecular flexibility index (Phi) is 40.7. The Morgan fingerprint density at radius 1 is 0.538 bits per heavy atom. The summed E-state index contributed by atoms with van der Waals surface area (Å²) < 4.78 is 11.1. The first-order valence-electron chi connectivity index (χ1n) is 26.5. The molecule has 1 fully saturated rings. The number of allylic oxidation sites excluding steroid dienone is 8. The predicted octanol–water partition coefficient (Wildman–Crippen LogP) is 10.1. The number of hydrogen-bond donors (Lipinski definition) is 8. The average Bonchev–Trinajstić information content (AvgIpc) is 3.31. The minimum Gasteiger partial charge on any atom is -0.394 e. The number of rotatable bonds is 44. The highest BCUT2D eigenvalue weighted by atomic mass is 16.7. The molecule has 1 heterocycles. The summed E-state index contributed by atoms with van der Waals surface area (Å²) in [5.74, 6) is -0.719. The Morgan fingerprint density at radius 2 is 0.969 bits per heavy atom. The van der Waals surface area contributed by atoms with E-state index in [0.29, 0.717) is 19.3 Å². The Bertz CT molecular complexity index is 1190. The molecule has 0 aliphatic carbocycles. The molecule has 0 saturated carbocycles. The van der Waals surface area contributed by atoms with Gasteiger partial charge in [0, 0.05) is 0 Å². The van der Waals surface area contributed by atoms with Gasteiger partial charge in [0.15, 0.2) is 6.29 Å². The van der Waals surface area contributed by atoms with E-state index >= 15 is 0 Å². The average molecular weight is 922 g/mol. The number of aliphatic hydroxyl groups excluding tert-OH is 7. The molecule has 65 heavy (non-hydrogen) atoms. The molecule has 9 atom stereocenters. The van der Waals surface area contributed by atoms with Gasteiger partial charge in [-0.1, -0.05) is 184 Å². The Hall–Kier alpha value is -1.93. The first kappa shape index (κ1) is 61.1. The lowest BCUT2D eigenvalue weighted by molar-refractivity contribution is -0.303. The summed E-state index contributed by atoms with van der Waals surface area (Å²) in [6, 6.07) is -1.20. The third kappa shape index (κ3) is 32.5. The fraction of sp³-hybridized carbons (Fsp3) is 0.833. The summed E-state index contributed by atoms with van der Waals surface area (Å²) in [5.41, 5.74) is 0. The molecule has 0 aromatic heterocycles. The van der Waals surface area contributed by atoms with Crippen LogP contribution in [-0.2, 0) is 14.3 Å². The zero-order chi connectivity index (χ0) is 47.6. The number of aliphatic hydroxyl groups is 7. The van der Waals surface area contributed by atoms with Crippen LogP contribution < -0.4 is 5.32 Å². The second-order valence-electron chi connectivity index (χ2n) is 18.6. The molecule has 11 heteroatoms. The third-order valence-corrected chi connectivity index (χ3v) is 12.6. The van der Waals surface area contributed by atoms with Gasteiger partial charge >= 0.3 is 0 Å². The van der Waals surface area contributed by atoms with Gasteiger partial charge in [-0.3, -0.25) is 4.79 Å². The highest BCUT2D eigenvalue weighted by Gasteiger charge is 2.44. The lowest BCUT2D eigenvalue weighted by Crippen LogP contribution is -2.60. The fourth-order valence-corrected chi connectivity index (χ4v) is 8.19. The standard InChI is InChI=1S/C54H99NO10/c1-3-5-7-9-11-13-15-17-19-21-22-23-24-25-26-28-30-32-34-36-38-40-42-47(58)53(63)55-45(44-64-54-52(62)51(61)50(60)48(43-56)65-54)49(59)46(57)41-39-37-35-33-31-29-27-20-18-16-14-12-10-8-6-4-2/h20,22-23,25-27,33,35,45-52,54,56-62H,3-19,21,24,28-32,34,36-44H2,1-2H3,(H,55,63)/b23-22-,26-25-,27-20+,35-33+. The van der Waals surface area contributed by atoms with Crippen molar-refractivity contribution >= 4 is 5.91 Å². The minimum absolute atomic E-state index is 0.238. The van der Waals surface area contributed by atoms with Gasteiger partial charge in [-0.25, -0.2) is 0 Å². The van der Waals surface area contributed by atoms with Crippen LogP contribution in [0.3, 0.4) is 0 Å². The number of carbonyl (C=O) groups is 1. The smallest absolute Gasteiger partial charge is 0.249 e. The summed E-state index contributed by atoms with van der Waals surface area (Å²) >= 11 is 0. The van der Waals surface area contributed by atoms with E-state index in [4.69, 9.17) is 9.47 Å². The number of ether oxygens (including phenoxy) is 2. The molecule has 0 aromatic carbocycles. The fourth-order valence-electron chi connectivity index (χ4n) is 8.19. The SMILES string of the molecule is CCCCCCCCC/C=C/CC/C=C/CCCC(O)C(O)C(COC1OC(CO)C(O)C(O)C1O)NC(=O)C(O)CCCCCCCC/C=C\C/C=C\CCCCCCCCCCC. The van der Waals surface area contributed by atoms with E-state index in [0.717, 1.165) is 64.2 Å². The van der Waals surface area contributed by atoms with Crippen LogP contribution in [0.5, 0.6) is 0 Å². The molecule has 1 amide bonds. The highest BCUT2D eigenvalue weighted by molar-refractivity contribution is 5.80. The second kappa shape index (κ2) is 43.4. The van der Waals surface area contributed by atoms with E-state index in [1.54, 1.807) is 0 Å². The molecule has 9 unspecified atom stereocenters. The minimum atomic E-state index is -1.67. The van der Waals surface area contributed by atoms with Gasteiger partial charge in [-0.2, -0.15) is 0 Å². The van der Waals surface area contributed by atoms with Gasteiger partial charge < -0.3 is 50.5 Å². The first-order valence-corrected chi connectivity index (χ1v) is 26.5. The number of hydrogen-bond acceptors (Lipinski definition) is 10. The molecule has 1 rings (SSSR count). The molecule has 1 saturated heterocycles. The number of unbranched alkanes of at least 4 members (excludes halogenated alkanes) is 24. The molecule has 8 N–H and O–H groups in total. The monoisotopic (exact) mass is 922 g/mol. The zero-order valence-electron chi connectivity index (χ0n) is 41.2. The summed E-state index contributed by atoms with van der Waals surface area (Å²) in [4.78, 5) is 13.1. The van der Waals surface area contributed by atoms with Gasteiger partial charge in [0.1, 0.15) is 36.6 Å². The summed E-state index contributed by atoms with van der Waals surface area (Å²) in [7, 11) is 0. The van der Waals surface area contributed by atoms with E-state index in [2.05, 4.69) is 67.8 Å². The maximum Gasteiger partial charge on any atom is 0.249 e. The van der Waals surface area contributed by atoms with Gasteiger partial charge in [-0.15, -0.1) is 0 Å². The van der Waals surface area contributed by atoms with Gasteiger partial charge in [-0.05, 0) is 83.5 Å². The van der Waals surface area contributed by atoms with Crippen molar-refractivity contribution in [1.82, 2.24) is 5.32 Å². The molecule has 11 nitrogen and oxygen atoms in total. The Labute approximate surface area is 396 Å². The number of amides is 1. The predicted molar refractivity (Wildman–Crippen MR) is 265 cm³/mol. The van der Waals surface area contributed by atoms with Crippen molar-refractivity contribution in [2.24, 2.45) is 0 Å². The maximum atomic E-state index is 13.1. The number of carbonyl (C=O) groups excluding carboxylic acids is 1. The second-order valence-corrected chi connectivity index (χ2v) is 18.6. The van der Waals surface area contributed by atoms with Crippen molar-refractivity contribution in [3.8, 4) is 0 Å². The largest absolute Gasteiger partial charge is 0.394 e. The van der Waals surface area contributed by atoms with Crippen LogP contribution in [-0.4, -0.2) is 110 Å². The van der Waals surface area contributed by atoms with Gasteiger partial charge in [0.2, 0.25) is 5.91 Å². The molecule has 1 aliphatic rings. The molecule has 0 aromatic rings. The Balaban J connectivity index is 2.41. The molecule has 0 spiro atoms. The summed E-state index contributed by atoms with van der Waals surface area (Å²) in [6.45, 7) is 3.42. The van der Waals surface area contributed by atoms with Crippen molar-refractivity contribution in [1.29, 1.82) is 0 Å². The van der Waals surface area contributed by atoms with Gasteiger partial charge in [0.05, 0.1) is 25.4 Å². The molecular weight excluding hydrogens is 823 g/mol. The topological polar surface area (TPSA) is 189 Å². The van der Waals surface area contributed by atoms with Gasteiger partial charge in [0.25, 0.3) is 0 Å². The summed E-state index contributed by atoms with van der Waals surface area (Å²) in [5, 5.41) is 75.9. The van der Waals surface area contributed by atoms with Crippen molar-refractivity contribution in [2.75, 3.05) is 13.2 Å². The lowest BCUT2D eigenvalue weighted by atomic mass is 9.98. The third-order valence-electron chi connectivity index (χ3n) is 12.6. The van der Waals surface area contributed by atoms with E-state index in [-0.39, 0.29) is 12.8 Å². The zero-order valence-corrected chi connectivity index (χ0v) is 41.2. The van der Waals surface area contributed by atoms with Crippen molar-refractivity contribution in [3.05, 3.63) is 48.6 Å². The first-order chi connectivity index (χ1) is 31.7. The molecule has 0 bridgehead atoms. The van der Waals surface area contributed by atoms with Crippen molar-refractivity contribution in [3.63, 3.8) is 0 Å². The van der Waals surface area contributed by atoms with Crippen LogP contribution in [0.25, 0.3) is 0 Å². The van der Waals surface area contributed by atoms with Crippen LogP contribution in [0, 0.1) is 0 Å². The quantitative estimate of drug-likeness (QED) is 0.0216. The van der Waals surface area contributed by atoms with Crippen LogP contribution in [0.4, 0.5) is 0 Å². The van der Waals surface area contributed by atoms with Crippen molar-refractivity contribution in [2.45, 2.75) is 274 Å². The molecule has 380 valence electrons. The van der Waals surface area contributed by atoms with E-state index in [1.165, 1.54) is 109 Å². The normalized spacial score (nSPS) is 21.3. The van der Waals surface area contributed by atoms with Crippen LogP contribution in [0.2, 0.25) is 0 Å². The van der Waals surface area contributed by atoms with Crippen LogP contribution in [0.1, 0.15) is 219 Å². The molecular formula is C54H99NO10. The summed E-state index contributed by atoms with van der Waals surface area (Å²) in [6.07, 6.45) is 41.6. The van der Waals surface area contributed by atoms with E-state index < -0.39 is 74.2 Å². The maximum absolute atomic E-state index is 13.1. The van der Waals surface area contributed by atoms with Crippen molar-refractivity contribution < 1.29 is 50.0 Å². The molecule has 0 radical (unpaired) electrons. The lowest BCUT2D eigenvalue weighted by Gasteiger charge is -2.40. The Morgan fingerprint density at radius 3 is 1.46 bits per heavy atom.